The number of carbonyl (C=O) groups excluding carboxylic acids is 3. The summed E-state index contributed by atoms with van der Waals surface area (Å²) in [5, 5.41) is 12.5. The molecule has 3 saturated heterocycles. The van der Waals surface area contributed by atoms with Crippen LogP contribution in [0.4, 0.5) is 5.69 Å². The Balaban J connectivity index is 1.70. The Morgan fingerprint density at radius 1 is 1.35 bits per heavy atom. The summed E-state index contributed by atoms with van der Waals surface area (Å²) in [7, 11) is 0. The van der Waals surface area contributed by atoms with E-state index >= 15 is 0 Å². The van der Waals surface area contributed by atoms with Crippen molar-refractivity contribution < 1.29 is 29.0 Å². The van der Waals surface area contributed by atoms with Crippen LogP contribution in [0.1, 0.15) is 38.2 Å². The van der Waals surface area contributed by atoms with Crippen molar-refractivity contribution in [3.8, 4) is 0 Å². The lowest BCUT2D eigenvalue weighted by molar-refractivity contribution is -0.154. The van der Waals surface area contributed by atoms with Crippen LogP contribution in [0.25, 0.3) is 0 Å². The van der Waals surface area contributed by atoms with Crippen molar-refractivity contribution >= 4 is 51.0 Å². The fraction of sp³-hybridized carbons (Fsp3) is 0.625. The van der Waals surface area contributed by atoms with Gasteiger partial charge in [-0.3, -0.25) is 14.4 Å². The average molecular weight is 558 g/mol. The summed E-state index contributed by atoms with van der Waals surface area (Å²) in [6, 6.07) is 4.42. The summed E-state index contributed by atoms with van der Waals surface area (Å²) in [4.78, 5) is 41.8. The van der Waals surface area contributed by atoms with Crippen LogP contribution >= 0.6 is 27.5 Å². The number of hydrogen-bond acceptors (Lipinski definition) is 6. The van der Waals surface area contributed by atoms with E-state index in [9.17, 15) is 14.4 Å². The van der Waals surface area contributed by atoms with Crippen LogP contribution in [0.2, 0.25) is 5.02 Å². The zero-order chi connectivity index (χ0) is 24.6. The van der Waals surface area contributed by atoms with E-state index in [0.29, 0.717) is 42.9 Å². The van der Waals surface area contributed by atoms with Crippen molar-refractivity contribution in [2.24, 2.45) is 11.8 Å². The molecule has 10 heteroatoms. The second-order valence-corrected chi connectivity index (χ2v) is 10.7. The first-order valence-corrected chi connectivity index (χ1v) is 13.0. The zero-order valence-corrected chi connectivity index (χ0v) is 21.6. The number of rotatable bonds is 9. The molecule has 4 rings (SSSR count). The van der Waals surface area contributed by atoms with Gasteiger partial charge in [0.05, 0.1) is 35.3 Å². The predicted octanol–water partition coefficient (Wildman–Crippen LogP) is 3.06. The third-order valence-electron chi connectivity index (χ3n) is 7.12. The Hall–Kier alpha value is -1.68. The van der Waals surface area contributed by atoms with Gasteiger partial charge in [0.15, 0.2) is 0 Å². The first kappa shape index (κ1) is 25.4. The summed E-state index contributed by atoms with van der Waals surface area (Å²) in [6.45, 7) is 4.16. The van der Waals surface area contributed by atoms with E-state index < -0.39 is 35.6 Å². The second-order valence-electron chi connectivity index (χ2n) is 9.15. The van der Waals surface area contributed by atoms with Crippen LogP contribution in [0.5, 0.6) is 0 Å². The van der Waals surface area contributed by atoms with E-state index in [-0.39, 0.29) is 29.9 Å². The molecule has 2 N–H and O–H groups in total. The number of esters is 1. The Morgan fingerprint density at radius 2 is 2.12 bits per heavy atom. The van der Waals surface area contributed by atoms with Gasteiger partial charge in [-0.15, -0.1) is 0 Å². The second kappa shape index (κ2) is 10.1. The topological polar surface area (TPSA) is 105 Å². The normalized spacial score (nSPS) is 31.6. The van der Waals surface area contributed by atoms with E-state index in [1.54, 1.807) is 24.0 Å². The van der Waals surface area contributed by atoms with Gasteiger partial charge in [0.25, 0.3) is 0 Å². The molecule has 3 fully saturated rings. The molecule has 1 unspecified atom stereocenters. The number of anilines is 1. The van der Waals surface area contributed by atoms with Gasteiger partial charge in [-0.25, -0.2) is 0 Å². The summed E-state index contributed by atoms with van der Waals surface area (Å²) < 4.78 is 11.7. The highest BCUT2D eigenvalue weighted by Gasteiger charge is 2.76. The van der Waals surface area contributed by atoms with Crippen molar-refractivity contribution in [2.45, 2.75) is 62.1 Å². The summed E-state index contributed by atoms with van der Waals surface area (Å²) >= 11 is 9.98. The lowest BCUT2D eigenvalue weighted by Crippen LogP contribution is -2.54. The Morgan fingerprint density at radius 3 is 2.79 bits per heavy atom. The van der Waals surface area contributed by atoms with Crippen molar-refractivity contribution in [1.29, 1.82) is 0 Å². The highest BCUT2D eigenvalue weighted by Crippen LogP contribution is 2.60. The Labute approximate surface area is 212 Å². The molecule has 186 valence electrons. The first-order valence-electron chi connectivity index (χ1n) is 11.7. The van der Waals surface area contributed by atoms with Crippen LogP contribution in [-0.4, -0.2) is 70.1 Å². The number of alkyl halides is 1. The number of fused-ring (bicyclic) bond motifs is 1. The molecular formula is C24H30BrClN2O6. The number of nitrogens with zero attached hydrogens (tertiary/aromatic N) is 1. The lowest BCUT2D eigenvalue weighted by atomic mass is 9.70. The minimum absolute atomic E-state index is 0.0667. The maximum atomic E-state index is 13.8. The first-order chi connectivity index (χ1) is 16.3. The Bertz CT molecular complexity index is 957. The molecule has 6 atom stereocenters. The molecule has 1 aromatic carbocycles. The smallest absolute Gasteiger partial charge is 0.312 e. The fourth-order valence-electron chi connectivity index (χ4n) is 5.73. The van der Waals surface area contributed by atoms with Crippen LogP contribution in [0.3, 0.4) is 0 Å². The van der Waals surface area contributed by atoms with Gasteiger partial charge in [-0.2, -0.15) is 0 Å². The number of amides is 2. The molecule has 0 aromatic heterocycles. The number of halogens is 2. The van der Waals surface area contributed by atoms with Gasteiger partial charge < -0.3 is 24.8 Å². The van der Waals surface area contributed by atoms with Crippen molar-refractivity contribution in [3.05, 3.63) is 28.8 Å². The van der Waals surface area contributed by atoms with Gasteiger partial charge in [0, 0.05) is 18.0 Å². The number of carbonyl (C=O) groups is 3. The molecule has 2 bridgehead atoms. The highest BCUT2D eigenvalue weighted by atomic mass is 79.9. The number of unbranched alkanes of at least 4 members (excludes halogenated alkanes) is 2. The molecule has 3 heterocycles. The van der Waals surface area contributed by atoms with Gasteiger partial charge >= 0.3 is 5.97 Å². The largest absolute Gasteiger partial charge is 0.466 e. The maximum absolute atomic E-state index is 13.8. The molecule has 3 aliphatic rings. The van der Waals surface area contributed by atoms with Gasteiger partial charge in [0.2, 0.25) is 11.8 Å². The number of aliphatic hydroxyl groups excluding tert-OH is 1. The molecular weight excluding hydrogens is 528 g/mol. The number of hydrogen-bond donors (Lipinski definition) is 2. The summed E-state index contributed by atoms with van der Waals surface area (Å²) in [5.41, 5.74) is 0.156. The summed E-state index contributed by atoms with van der Waals surface area (Å²) in [6.07, 6.45) is 1.83. The summed E-state index contributed by atoms with van der Waals surface area (Å²) in [5.74, 6) is -2.68. The number of aliphatic hydroxyl groups is 1. The Kier molecular flexibility index (Phi) is 7.57. The molecule has 34 heavy (non-hydrogen) atoms. The number of likely N-dealkylation sites (tertiary alicyclic amines) is 1. The number of nitrogens with one attached hydrogen (secondary N) is 1. The molecule has 1 aromatic rings. The predicted molar refractivity (Wildman–Crippen MR) is 130 cm³/mol. The number of benzene rings is 1. The third-order valence-corrected chi connectivity index (χ3v) is 8.28. The number of para-hydroxylation sites is 1. The van der Waals surface area contributed by atoms with E-state index in [4.69, 9.17) is 26.2 Å². The fourth-order valence-corrected chi connectivity index (χ4v) is 6.94. The quantitative estimate of drug-likeness (QED) is 0.275. The van der Waals surface area contributed by atoms with Crippen LogP contribution in [0.15, 0.2) is 18.2 Å². The van der Waals surface area contributed by atoms with E-state index in [1.165, 1.54) is 0 Å². The van der Waals surface area contributed by atoms with Gasteiger partial charge in [0.1, 0.15) is 11.6 Å². The molecule has 0 radical (unpaired) electrons. The lowest BCUT2D eigenvalue weighted by Gasteiger charge is -2.34. The third kappa shape index (κ3) is 4.14. The molecule has 0 aliphatic carbocycles. The number of aryl methyl sites for hydroxylation is 1. The van der Waals surface area contributed by atoms with E-state index in [2.05, 4.69) is 21.2 Å². The maximum Gasteiger partial charge on any atom is 0.312 e. The molecule has 1 spiro atoms. The van der Waals surface area contributed by atoms with Crippen LogP contribution in [-0.2, 0) is 23.9 Å². The number of ether oxygens (including phenoxy) is 2. The van der Waals surface area contributed by atoms with Crippen molar-refractivity contribution in [2.75, 3.05) is 25.1 Å². The van der Waals surface area contributed by atoms with Crippen molar-refractivity contribution in [3.63, 3.8) is 0 Å². The monoisotopic (exact) mass is 556 g/mol. The SMILES string of the molecule is CCOC(=O)[C@@H]1[C@H]2O[C@@]3(CC2Br)[C@H](C(=O)Nc2c(C)cccc2Cl)N(CCCCCO)C(=O)[C@@H]13. The van der Waals surface area contributed by atoms with Crippen molar-refractivity contribution in [1.82, 2.24) is 4.90 Å². The molecule has 3 aliphatic heterocycles. The zero-order valence-electron chi connectivity index (χ0n) is 19.3. The van der Waals surface area contributed by atoms with Crippen LogP contribution in [0, 0.1) is 18.8 Å². The molecule has 2 amide bonds. The van der Waals surface area contributed by atoms with E-state index in [1.807, 2.05) is 13.0 Å². The molecule has 0 saturated carbocycles. The van der Waals surface area contributed by atoms with Gasteiger partial charge in [-0.05, 0) is 51.2 Å². The minimum Gasteiger partial charge on any atom is -0.466 e. The average Bonchev–Trinajstić information content (AvgIpc) is 3.37. The van der Waals surface area contributed by atoms with Gasteiger partial charge in [-0.1, -0.05) is 39.7 Å². The highest BCUT2D eigenvalue weighted by molar-refractivity contribution is 9.09. The molecule has 8 nitrogen and oxygen atoms in total. The minimum atomic E-state index is -1.14. The standard InChI is InChI=1S/C24H30BrClN2O6/c1-3-33-23(32)16-17-22(31)28(10-5-4-6-11-29)20(24(17)12-14(25)19(16)34-24)21(30)27-18-13(2)8-7-9-15(18)26/h7-9,14,16-17,19-20,29H,3-6,10-12H2,1-2H3,(H,27,30)/t14?,16-,17+,19-,20-,24+/m0/s1. The van der Waals surface area contributed by atoms with E-state index in [0.717, 1.165) is 5.56 Å². The van der Waals surface area contributed by atoms with Crippen LogP contribution < -0.4 is 5.32 Å².